The first-order valence-electron chi connectivity index (χ1n) is 21.3. The summed E-state index contributed by atoms with van der Waals surface area (Å²) in [5, 5.41) is 8.21. The number of carbonyl (C=O) groups is 3. The number of hydrogen-bond donors (Lipinski definition) is 1. The van der Waals surface area contributed by atoms with Crippen LogP contribution in [0.3, 0.4) is 0 Å². The second kappa shape index (κ2) is 46.4. The summed E-state index contributed by atoms with van der Waals surface area (Å²) in [6, 6.07) is 0. The van der Waals surface area contributed by atoms with Crippen molar-refractivity contribution in [3.8, 4) is 0 Å². The monoisotopic (exact) mass is 699 g/mol. The van der Waals surface area contributed by atoms with E-state index >= 15 is 0 Å². The lowest BCUT2D eigenvalue weighted by Crippen LogP contribution is -2.07. The normalized spacial score (nSPS) is 10.6. The van der Waals surface area contributed by atoms with Crippen LogP contribution in [0.5, 0.6) is 0 Å². The van der Waals surface area contributed by atoms with E-state index in [0.717, 1.165) is 57.3 Å². The van der Waals surface area contributed by atoms with Crippen molar-refractivity contribution < 1.29 is 29.0 Å². The molecule has 0 aromatic carbocycles. The van der Waals surface area contributed by atoms with Gasteiger partial charge in [-0.15, -0.1) is 0 Å². The maximum atomic E-state index is 11.5. The van der Waals surface area contributed by atoms with E-state index in [1.165, 1.54) is 128 Å². The Morgan fingerprint density at radius 3 is 1.08 bits per heavy atom. The topological polar surface area (TPSA) is 89.9 Å². The fourth-order valence-electron chi connectivity index (χ4n) is 5.62. The van der Waals surface area contributed by atoms with Crippen LogP contribution in [-0.4, -0.2) is 36.2 Å². The van der Waals surface area contributed by atoms with Crippen molar-refractivity contribution >= 4 is 17.9 Å². The summed E-state index contributed by atoms with van der Waals surface area (Å²) in [4.78, 5) is 32.9. The maximum absolute atomic E-state index is 11.5. The molecule has 1 N–H and O–H groups in total. The highest BCUT2D eigenvalue weighted by Crippen LogP contribution is 2.15. The molecule has 0 amide bonds. The van der Waals surface area contributed by atoms with Crippen molar-refractivity contribution in [3.05, 3.63) is 0 Å². The molecule has 0 aliphatic carbocycles. The van der Waals surface area contributed by atoms with Gasteiger partial charge in [0.25, 0.3) is 0 Å². The zero-order valence-electron chi connectivity index (χ0n) is 33.9. The number of carboxylic acids is 1. The first-order chi connectivity index (χ1) is 23.8. The molecular weight excluding hydrogens is 612 g/mol. The molecule has 294 valence electrons. The number of carboxylic acid groups (broad SMARTS) is 1. The molecule has 0 saturated carbocycles. The van der Waals surface area contributed by atoms with Crippen LogP contribution in [0.15, 0.2) is 0 Å². The summed E-state index contributed by atoms with van der Waals surface area (Å²) in [6.07, 6.45) is 35.6. The Kier molecular flexibility index (Phi) is 49.0. The molecule has 49 heavy (non-hydrogen) atoms. The van der Waals surface area contributed by atoms with Crippen LogP contribution in [0, 0.1) is 5.92 Å². The first kappa shape index (κ1) is 51.8. The third kappa shape index (κ3) is 50.9. The SMILES string of the molecule is CCCCCCC(=O)O.CCCCCCC(=O)OCCCC(CC)CC.CCCCCCCCCCCCCOC(=O)CCCCCCC. The predicted molar refractivity (Wildman–Crippen MR) is 210 cm³/mol. The van der Waals surface area contributed by atoms with Crippen molar-refractivity contribution in [2.45, 2.75) is 241 Å². The molecule has 0 bridgehead atoms. The molecule has 0 aliphatic rings. The number of rotatable bonds is 34. The smallest absolute Gasteiger partial charge is 0.305 e. The van der Waals surface area contributed by atoms with Gasteiger partial charge in [0.2, 0.25) is 0 Å². The van der Waals surface area contributed by atoms with Crippen molar-refractivity contribution in [2.24, 2.45) is 5.92 Å². The molecule has 0 aliphatic heterocycles. The lowest BCUT2D eigenvalue weighted by Gasteiger charge is -2.11. The number of unbranched alkanes of at least 4 members (excludes halogenated alkanes) is 20. The number of hydrogen-bond acceptors (Lipinski definition) is 5. The predicted octanol–water partition coefficient (Wildman–Crippen LogP) is 14.0. The first-order valence-corrected chi connectivity index (χ1v) is 21.3. The average Bonchev–Trinajstić information content (AvgIpc) is 3.09. The number of carbonyl (C=O) groups excluding carboxylic acids is 2. The van der Waals surface area contributed by atoms with Crippen molar-refractivity contribution in [3.63, 3.8) is 0 Å². The van der Waals surface area contributed by atoms with E-state index in [1.54, 1.807) is 0 Å². The summed E-state index contributed by atoms with van der Waals surface area (Å²) in [6.45, 7) is 14.5. The fourth-order valence-corrected chi connectivity index (χ4v) is 5.62. The Balaban J connectivity index is -0.000000711. The van der Waals surface area contributed by atoms with Crippen molar-refractivity contribution in [2.75, 3.05) is 13.2 Å². The van der Waals surface area contributed by atoms with Crippen LogP contribution in [-0.2, 0) is 23.9 Å². The average molecular weight is 699 g/mol. The minimum atomic E-state index is -0.675. The van der Waals surface area contributed by atoms with E-state index in [0.29, 0.717) is 32.5 Å². The molecule has 0 aromatic heterocycles. The highest BCUT2D eigenvalue weighted by molar-refractivity contribution is 5.69. The molecule has 0 saturated heterocycles. The molecule has 0 unspecified atom stereocenters. The van der Waals surface area contributed by atoms with Crippen LogP contribution in [0.1, 0.15) is 241 Å². The van der Waals surface area contributed by atoms with Crippen LogP contribution < -0.4 is 0 Å². The van der Waals surface area contributed by atoms with Gasteiger partial charge in [-0.1, -0.05) is 183 Å². The molecule has 0 aromatic rings. The van der Waals surface area contributed by atoms with Crippen LogP contribution in [0.25, 0.3) is 0 Å². The summed E-state index contributed by atoms with van der Waals surface area (Å²) in [7, 11) is 0. The van der Waals surface area contributed by atoms with Gasteiger partial charge in [0.15, 0.2) is 0 Å². The van der Waals surface area contributed by atoms with Gasteiger partial charge in [-0.3, -0.25) is 14.4 Å². The molecular formula is C43H86O6. The summed E-state index contributed by atoms with van der Waals surface area (Å²) in [5.41, 5.74) is 0. The zero-order chi connectivity index (χ0) is 37.1. The quantitative estimate of drug-likeness (QED) is 0.0531. The van der Waals surface area contributed by atoms with Gasteiger partial charge in [-0.2, -0.15) is 0 Å². The van der Waals surface area contributed by atoms with E-state index in [9.17, 15) is 14.4 Å². The minimum absolute atomic E-state index is 0.00794. The Labute approximate surface area is 306 Å². The lowest BCUT2D eigenvalue weighted by molar-refractivity contribution is -0.144. The van der Waals surface area contributed by atoms with Crippen molar-refractivity contribution in [1.82, 2.24) is 0 Å². The largest absolute Gasteiger partial charge is 0.481 e. The standard InChI is InChI=1S/C21H42O2.C15H30O2.C7H14O2/c1-3-5-7-9-10-11-12-13-14-16-18-20-23-21(22)19-17-15-8-6-4-2;1-4-7-8-9-12-15(16)17-13-10-11-14(5-2)6-3;1-2-3-4-5-6-7(8)9/h3-20H2,1-2H3;14H,4-13H2,1-3H3;2-6H2,1H3,(H,8,9). The lowest BCUT2D eigenvalue weighted by atomic mass is 9.98. The van der Waals surface area contributed by atoms with Gasteiger partial charge in [-0.25, -0.2) is 0 Å². The van der Waals surface area contributed by atoms with Gasteiger partial charge in [0, 0.05) is 19.3 Å². The van der Waals surface area contributed by atoms with Gasteiger partial charge in [-0.05, 0) is 44.4 Å². The minimum Gasteiger partial charge on any atom is -0.481 e. The number of ether oxygens (including phenoxy) is 2. The Hall–Kier alpha value is -1.59. The van der Waals surface area contributed by atoms with E-state index in [4.69, 9.17) is 14.6 Å². The van der Waals surface area contributed by atoms with Crippen LogP contribution >= 0.6 is 0 Å². The molecule has 0 spiro atoms. The third-order valence-corrected chi connectivity index (χ3v) is 9.15. The molecule has 6 nitrogen and oxygen atoms in total. The molecule has 0 fully saturated rings. The van der Waals surface area contributed by atoms with Gasteiger partial charge in [0.05, 0.1) is 13.2 Å². The molecule has 0 heterocycles. The van der Waals surface area contributed by atoms with Crippen LogP contribution in [0.2, 0.25) is 0 Å². The van der Waals surface area contributed by atoms with Gasteiger partial charge < -0.3 is 14.6 Å². The molecule has 0 atom stereocenters. The zero-order valence-corrected chi connectivity index (χ0v) is 33.9. The Morgan fingerprint density at radius 1 is 0.408 bits per heavy atom. The molecule has 0 radical (unpaired) electrons. The highest BCUT2D eigenvalue weighted by Gasteiger charge is 2.06. The summed E-state index contributed by atoms with van der Waals surface area (Å²) in [5.74, 6) is 0.128. The maximum Gasteiger partial charge on any atom is 0.305 e. The van der Waals surface area contributed by atoms with E-state index < -0.39 is 5.97 Å². The second-order valence-corrected chi connectivity index (χ2v) is 14.0. The fraction of sp³-hybridized carbons (Fsp3) is 0.930. The van der Waals surface area contributed by atoms with E-state index in [-0.39, 0.29) is 11.9 Å². The van der Waals surface area contributed by atoms with Crippen LogP contribution in [0.4, 0.5) is 0 Å². The Morgan fingerprint density at radius 2 is 0.714 bits per heavy atom. The molecule has 6 heteroatoms. The number of esters is 2. The summed E-state index contributed by atoms with van der Waals surface area (Å²) < 4.78 is 10.5. The molecule has 0 rings (SSSR count). The van der Waals surface area contributed by atoms with Gasteiger partial charge in [0.1, 0.15) is 0 Å². The van der Waals surface area contributed by atoms with E-state index in [1.807, 2.05) is 0 Å². The number of aliphatic carboxylic acids is 1. The Bertz CT molecular complexity index is 661. The van der Waals surface area contributed by atoms with Gasteiger partial charge >= 0.3 is 17.9 Å². The second-order valence-electron chi connectivity index (χ2n) is 14.0. The van der Waals surface area contributed by atoms with E-state index in [2.05, 4.69) is 41.5 Å². The highest BCUT2D eigenvalue weighted by atomic mass is 16.5. The third-order valence-electron chi connectivity index (χ3n) is 9.15. The summed E-state index contributed by atoms with van der Waals surface area (Å²) >= 11 is 0. The van der Waals surface area contributed by atoms with Crippen molar-refractivity contribution in [1.29, 1.82) is 0 Å².